The second-order valence-corrected chi connectivity index (χ2v) is 6.19. The van der Waals surface area contributed by atoms with E-state index in [0.717, 1.165) is 5.56 Å². The summed E-state index contributed by atoms with van der Waals surface area (Å²) < 4.78 is 0. The largest absolute Gasteiger partial charge is 0.387 e. The lowest BCUT2D eigenvalue weighted by molar-refractivity contribution is 0.158. The Balaban J connectivity index is 1.83. The molecule has 0 bridgehead atoms. The third-order valence-electron chi connectivity index (χ3n) is 3.74. The predicted molar refractivity (Wildman–Crippen MR) is 68.7 cm³/mol. The van der Waals surface area contributed by atoms with Gasteiger partial charge in [-0.1, -0.05) is 20.3 Å². The number of nitrogens with one attached hydrogen (secondary N) is 1. The first-order valence-corrected chi connectivity index (χ1v) is 6.97. The van der Waals surface area contributed by atoms with Crippen molar-refractivity contribution in [3.8, 4) is 0 Å². The molecule has 2 unspecified atom stereocenters. The van der Waals surface area contributed by atoms with Crippen LogP contribution < -0.4 is 5.32 Å². The van der Waals surface area contributed by atoms with Crippen molar-refractivity contribution < 1.29 is 5.11 Å². The Morgan fingerprint density at radius 1 is 1.62 bits per heavy atom. The highest BCUT2D eigenvalue weighted by atomic mass is 32.1. The molecule has 90 valence electrons. The third-order valence-corrected chi connectivity index (χ3v) is 4.44. The zero-order valence-electron chi connectivity index (χ0n) is 10.1. The smallest absolute Gasteiger partial charge is 0.0922 e. The van der Waals surface area contributed by atoms with Crippen LogP contribution in [0.5, 0.6) is 0 Å². The molecule has 0 saturated heterocycles. The van der Waals surface area contributed by atoms with Gasteiger partial charge in [0.25, 0.3) is 0 Å². The summed E-state index contributed by atoms with van der Waals surface area (Å²) >= 11 is 1.64. The topological polar surface area (TPSA) is 32.3 Å². The van der Waals surface area contributed by atoms with Gasteiger partial charge in [0.1, 0.15) is 0 Å². The van der Waals surface area contributed by atoms with Crippen molar-refractivity contribution in [1.82, 2.24) is 5.32 Å². The maximum absolute atomic E-state index is 9.98. The molecule has 2 atom stereocenters. The summed E-state index contributed by atoms with van der Waals surface area (Å²) in [5.41, 5.74) is 1.42. The lowest BCUT2D eigenvalue weighted by Crippen LogP contribution is -2.39. The van der Waals surface area contributed by atoms with Gasteiger partial charge in [-0.25, -0.2) is 0 Å². The van der Waals surface area contributed by atoms with E-state index in [4.69, 9.17) is 0 Å². The van der Waals surface area contributed by atoms with E-state index < -0.39 is 0 Å². The predicted octanol–water partition coefficient (Wildman–Crippen LogP) is 2.95. The highest BCUT2D eigenvalue weighted by Gasteiger charge is 2.34. The Labute approximate surface area is 102 Å². The molecule has 16 heavy (non-hydrogen) atoms. The Kier molecular flexibility index (Phi) is 3.67. The lowest BCUT2D eigenvalue weighted by Gasteiger charge is -2.28. The second kappa shape index (κ2) is 4.86. The number of thiophene rings is 1. The summed E-state index contributed by atoms with van der Waals surface area (Å²) in [7, 11) is 0. The minimum Gasteiger partial charge on any atom is -0.387 e. The second-order valence-electron chi connectivity index (χ2n) is 5.41. The summed E-state index contributed by atoms with van der Waals surface area (Å²) in [6.07, 6.45) is 3.48. The average molecular weight is 239 g/mol. The minimum absolute atomic E-state index is 0.359. The van der Waals surface area contributed by atoms with Crippen LogP contribution in [0.25, 0.3) is 0 Å². The number of hydrogen-bond donors (Lipinski definition) is 2. The first-order chi connectivity index (χ1) is 7.59. The zero-order chi connectivity index (χ0) is 11.6. The molecular weight excluding hydrogens is 218 g/mol. The maximum atomic E-state index is 9.98. The van der Waals surface area contributed by atoms with E-state index in [1.165, 1.54) is 19.3 Å². The van der Waals surface area contributed by atoms with Crippen molar-refractivity contribution in [3.05, 3.63) is 22.4 Å². The molecule has 3 heteroatoms. The quantitative estimate of drug-likeness (QED) is 0.846. The summed E-state index contributed by atoms with van der Waals surface area (Å²) in [4.78, 5) is 0. The van der Waals surface area contributed by atoms with Gasteiger partial charge < -0.3 is 10.4 Å². The monoisotopic (exact) mass is 239 g/mol. The number of aliphatic hydroxyl groups excluding tert-OH is 1. The molecule has 0 aliphatic heterocycles. The first-order valence-electron chi connectivity index (χ1n) is 6.03. The van der Waals surface area contributed by atoms with E-state index in [0.29, 0.717) is 18.0 Å². The summed E-state index contributed by atoms with van der Waals surface area (Å²) in [5.74, 6) is 0. The fraction of sp³-hybridized carbons (Fsp3) is 0.692. The molecule has 0 radical (unpaired) electrons. The van der Waals surface area contributed by atoms with Gasteiger partial charge in [0.2, 0.25) is 0 Å². The standard InChI is InChI=1S/C13H21NOS/c1-13(2)6-3-4-12(13)14-8-11(15)10-5-7-16-9-10/h5,7,9,11-12,14-15H,3-4,6,8H2,1-2H3. The molecule has 0 amide bonds. The number of aliphatic hydroxyl groups is 1. The summed E-state index contributed by atoms with van der Waals surface area (Å²) in [5, 5.41) is 17.5. The average Bonchev–Trinajstić information content (AvgIpc) is 2.83. The van der Waals surface area contributed by atoms with Gasteiger partial charge in [-0.05, 0) is 40.6 Å². The van der Waals surface area contributed by atoms with Crippen molar-refractivity contribution in [3.63, 3.8) is 0 Å². The number of hydrogen-bond acceptors (Lipinski definition) is 3. The molecule has 2 nitrogen and oxygen atoms in total. The SMILES string of the molecule is CC1(C)CCCC1NCC(O)c1ccsc1. The van der Waals surface area contributed by atoms with E-state index in [9.17, 15) is 5.11 Å². The molecule has 1 aliphatic carbocycles. The van der Waals surface area contributed by atoms with Crippen molar-refractivity contribution in [1.29, 1.82) is 0 Å². The highest BCUT2D eigenvalue weighted by molar-refractivity contribution is 7.07. The van der Waals surface area contributed by atoms with Crippen LogP contribution in [0.4, 0.5) is 0 Å². The van der Waals surface area contributed by atoms with E-state index in [-0.39, 0.29) is 6.10 Å². The fourth-order valence-corrected chi connectivity index (χ4v) is 3.25. The molecule has 1 heterocycles. The van der Waals surface area contributed by atoms with Crippen LogP contribution in [0, 0.1) is 5.41 Å². The Hall–Kier alpha value is -0.380. The van der Waals surface area contributed by atoms with E-state index >= 15 is 0 Å². The van der Waals surface area contributed by atoms with Gasteiger partial charge >= 0.3 is 0 Å². The molecule has 2 N–H and O–H groups in total. The molecule has 1 aromatic heterocycles. The van der Waals surface area contributed by atoms with E-state index in [1.54, 1.807) is 11.3 Å². The third kappa shape index (κ3) is 2.65. The van der Waals surface area contributed by atoms with E-state index in [2.05, 4.69) is 19.2 Å². The summed E-state index contributed by atoms with van der Waals surface area (Å²) in [6.45, 7) is 5.30. The summed E-state index contributed by atoms with van der Waals surface area (Å²) in [6, 6.07) is 2.55. The van der Waals surface area contributed by atoms with Gasteiger partial charge in [0, 0.05) is 12.6 Å². The van der Waals surface area contributed by atoms with Crippen LogP contribution >= 0.6 is 11.3 Å². The van der Waals surface area contributed by atoms with Gasteiger partial charge in [-0.15, -0.1) is 0 Å². The van der Waals surface area contributed by atoms with Gasteiger partial charge in [0.15, 0.2) is 0 Å². The molecule has 1 fully saturated rings. The van der Waals surface area contributed by atoms with Crippen molar-refractivity contribution in [2.24, 2.45) is 5.41 Å². The molecule has 2 rings (SSSR count). The van der Waals surface area contributed by atoms with Gasteiger partial charge in [-0.2, -0.15) is 11.3 Å². The van der Waals surface area contributed by atoms with E-state index in [1.807, 2.05) is 16.8 Å². The van der Waals surface area contributed by atoms with Crippen molar-refractivity contribution >= 4 is 11.3 Å². The maximum Gasteiger partial charge on any atom is 0.0922 e. The Morgan fingerprint density at radius 3 is 3.00 bits per heavy atom. The molecule has 0 spiro atoms. The van der Waals surface area contributed by atoms with Crippen LogP contribution in [0.1, 0.15) is 44.8 Å². The fourth-order valence-electron chi connectivity index (χ4n) is 2.54. The molecule has 1 aromatic rings. The van der Waals surface area contributed by atoms with Crippen molar-refractivity contribution in [2.75, 3.05) is 6.54 Å². The number of rotatable bonds is 4. The molecule has 1 aliphatic rings. The van der Waals surface area contributed by atoms with Crippen LogP contribution in [0.15, 0.2) is 16.8 Å². The highest BCUT2D eigenvalue weighted by Crippen LogP contribution is 2.37. The Morgan fingerprint density at radius 2 is 2.44 bits per heavy atom. The Bertz CT molecular complexity index is 321. The van der Waals surface area contributed by atoms with Crippen LogP contribution in [-0.4, -0.2) is 17.7 Å². The zero-order valence-corrected chi connectivity index (χ0v) is 10.9. The van der Waals surface area contributed by atoms with Crippen LogP contribution in [-0.2, 0) is 0 Å². The first kappa shape index (κ1) is 12.1. The molecule has 0 aromatic carbocycles. The molecular formula is C13H21NOS. The van der Waals surface area contributed by atoms with Crippen LogP contribution in [0.3, 0.4) is 0 Å². The van der Waals surface area contributed by atoms with Gasteiger partial charge in [0.05, 0.1) is 6.10 Å². The van der Waals surface area contributed by atoms with Crippen LogP contribution in [0.2, 0.25) is 0 Å². The normalized spacial score (nSPS) is 25.8. The molecule has 1 saturated carbocycles. The van der Waals surface area contributed by atoms with Gasteiger partial charge in [-0.3, -0.25) is 0 Å². The van der Waals surface area contributed by atoms with Crippen molar-refractivity contribution in [2.45, 2.75) is 45.3 Å². The lowest BCUT2D eigenvalue weighted by atomic mass is 9.87. The minimum atomic E-state index is -0.359.